The van der Waals surface area contributed by atoms with E-state index in [0.29, 0.717) is 17.3 Å². The molecule has 0 spiro atoms. The maximum Gasteiger partial charge on any atom is 0.157 e. The molecule has 1 unspecified atom stereocenters. The van der Waals surface area contributed by atoms with Crippen LogP contribution in [0, 0.1) is 17.2 Å². The summed E-state index contributed by atoms with van der Waals surface area (Å²) in [5.41, 5.74) is 6.20. The Balaban J connectivity index is 2.14. The molecule has 1 aromatic heterocycles. The summed E-state index contributed by atoms with van der Waals surface area (Å²) in [6, 6.07) is 2.14. The van der Waals surface area contributed by atoms with E-state index in [2.05, 4.69) is 15.3 Å². The van der Waals surface area contributed by atoms with Crippen LogP contribution in [0.4, 0.5) is 10.8 Å². The average molecular weight is 252 g/mol. The summed E-state index contributed by atoms with van der Waals surface area (Å²) >= 11 is 1.32. The molecule has 0 aliphatic carbocycles. The zero-order valence-corrected chi connectivity index (χ0v) is 10.7. The van der Waals surface area contributed by atoms with Crippen molar-refractivity contribution in [2.75, 3.05) is 37.4 Å². The first-order valence-corrected chi connectivity index (χ1v) is 6.42. The number of piperidine rings is 1. The third kappa shape index (κ3) is 2.51. The quantitative estimate of drug-likeness (QED) is 0.881. The van der Waals surface area contributed by atoms with Crippen molar-refractivity contribution < 1.29 is 4.74 Å². The first-order chi connectivity index (χ1) is 8.26. The van der Waals surface area contributed by atoms with Gasteiger partial charge in [0.15, 0.2) is 5.82 Å². The molecule has 1 aromatic rings. The second-order valence-electron chi connectivity index (χ2n) is 4.27. The highest BCUT2D eigenvalue weighted by atomic mass is 32.1. The topological polar surface area (TPSA) is 75.2 Å². The van der Waals surface area contributed by atoms with Crippen LogP contribution in [0.5, 0.6) is 0 Å². The number of hydrogen-bond acceptors (Lipinski definition) is 6. The highest BCUT2D eigenvalue weighted by Gasteiger charge is 2.24. The van der Waals surface area contributed by atoms with Gasteiger partial charge in [-0.25, -0.2) is 0 Å². The van der Waals surface area contributed by atoms with Crippen molar-refractivity contribution in [2.24, 2.45) is 5.92 Å². The average Bonchev–Trinajstić information content (AvgIpc) is 2.71. The SMILES string of the molecule is COCC1CCCN(c2snc(N)c2C#N)C1. The predicted octanol–water partition coefficient (Wildman–Crippen LogP) is 1.46. The van der Waals surface area contributed by atoms with Gasteiger partial charge in [-0.05, 0) is 30.3 Å². The van der Waals surface area contributed by atoms with Crippen LogP contribution < -0.4 is 10.6 Å². The molecule has 1 fully saturated rings. The van der Waals surface area contributed by atoms with Crippen LogP contribution in [0.25, 0.3) is 0 Å². The zero-order chi connectivity index (χ0) is 12.3. The lowest BCUT2D eigenvalue weighted by molar-refractivity contribution is 0.143. The fourth-order valence-corrected chi connectivity index (χ4v) is 3.03. The summed E-state index contributed by atoms with van der Waals surface area (Å²) in [6.45, 7) is 2.66. The van der Waals surface area contributed by atoms with Gasteiger partial charge in [0.2, 0.25) is 0 Å². The Morgan fingerprint density at radius 3 is 3.24 bits per heavy atom. The lowest BCUT2D eigenvalue weighted by Crippen LogP contribution is -2.37. The molecular formula is C11H16N4OS. The zero-order valence-electron chi connectivity index (χ0n) is 9.85. The van der Waals surface area contributed by atoms with Gasteiger partial charge in [0.25, 0.3) is 0 Å². The first kappa shape index (κ1) is 12.1. The number of methoxy groups -OCH3 is 1. The van der Waals surface area contributed by atoms with Crippen LogP contribution in [-0.2, 0) is 4.74 Å². The minimum absolute atomic E-state index is 0.348. The van der Waals surface area contributed by atoms with Gasteiger partial charge in [0, 0.05) is 20.2 Å². The van der Waals surface area contributed by atoms with Crippen LogP contribution in [0.15, 0.2) is 0 Å². The number of anilines is 2. The summed E-state index contributed by atoms with van der Waals surface area (Å²) in [5.74, 6) is 0.880. The largest absolute Gasteiger partial charge is 0.384 e. The molecule has 17 heavy (non-hydrogen) atoms. The fourth-order valence-electron chi connectivity index (χ4n) is 2.24. The van der Waals surface area contributed by atoms with Crippen LogP contribution in [-0.4, -0.2) is 31.2 Å². The Kier molecular flexibility index (Phi) is 3.82. The standard InChI is InChI=1S/C11H16N4OS/c1-16-7-8-3-2-4-15(6-8)11-9(5-12)10(13)14-17-11/h8H,2-4,6-7H2,1H3,(H2,13,14). The Morgan fingerprint density at radius 2 is 2.53 bits per heavy atom. The highest BCUT2D eigenvalue weighted by molar-refractivity contribution is 7.10. The molecule has 2 heterocycles. The van der Waals surface area contributed by atoms with E-state index in [1.807, 2.05) is 0 Å². The van der Waals surface area contributed by atoms with Crippen molar-refractivity contribution >= 4 is 22.4 Å². The number of nitriles is 1. The van der Waals surface area contributed by atoms with Gasteiger partial charge in [0.05, 0.1) is 6.61 Å². The first-order valence-electron chi connectivity index (χ1n) is 5.65. The van der Waals surface area contributed by atoms with Gasteiger partial charge in [0.1, 0.15) is 16.6 Å². The third-order valence-electron chi connectivity index (χ3n) is 3.02. The number of aromatic nitrogens is 1. The van der Waals surface area contributed by atoms with Crippen LogP contribution in [0.3, 0.4) is 0 Å². The van der Waals surface area contributed by atoms with E-state index in [-0.39, 0.29) is 0 Å². The second kappa shape index (κ2) is 5.34. The summed E-state index contributed by atoms with van der Waals surface area (Å²) in [4.78, 5) is 2.21. The lowest BCUT2D eigenvalue weighted by Gasteiger charge is -2.32. The number of hydrogen-bond donors (Lipinski definition) is 1. The number of rotatable bonds is 3. The number of nitrogen functional groups attached to an aromatic ring is 1. The summed E-state index contributed by atoms with van der Waals surface area (Å²) in [7, 11) is 1.73. The van der Waals surface area contributed by atoms with E-state index in [1.54, 1.807) is 7.11 Å². The Bertz CT molecular complexity index is 424. The molecule has 1 aliphatic rings. The number of nitrogens with two attached hydrogens (primary N) is 1. The van der Waals surface area contributed by atoms with Gasteiger partial charge in [-0.1, -0.05) is 0 Å². The molecule has 1 atom stereocenters. The maximum absolute atomic E-state index is 9.07. The van der Waals surface area contributed by atoms with E-state index in [0.717, 1.165) is 31.1 Å². The smallest absolute Gasteiger partial charge is 0.157 e. The molecule has 0 amide bonds. The Hall–Kier alpha value is -1.32. The van der Waals surface area contributed by atoms with E-state index >= 15 is 0 Å². The molecule has 92 valence electrons. The molecule has 2 N–H and O–H groups in total. The van der Waals surface area contributed by atoms with Crippen molar-refractivity contribution in [3.8, 4) is 6.07 Å². The summed E-state index contributed by atoms with van der Waals surface area (Å²) in [5, 5.41) is 9.98. The predicted molar refractivity (Wildman–Crippen MR) is 68.1 cm³/mol. The Labute approximate surface area is 105 Å². The molecule has 1 saturated heterocycles. The van der Waals surface area contributed by atoms with Crippen LogP contribution in [0.2, 0.25) is 0 Å². The number of ether oxygens (including phenoxy) is 1. The van der Waals surface area contributed by atoms with Gasteiger partial charge in [-0.3, -0.25) is 0 Å². The van der Waals surface area contributed by atoms with Crippen molar-refractivity contribution in [2.45, 2.75) is 12.8 Å². The minimum Gasteiger partial charge on any atom is -0.384 e. The van der Waals surface area contributed by atoms with Crippen molar-refractivity contribution in [1.29, 1.82) is 5.26 Å². The second-order valence-corrected chi connectivity index (χ2v) is 5.02. The van der Waals surface area contributed by atoms with Crippen molar-refractivity contribution in [3.63, 3.8) is 0 Å². The van der Waals surface area contributed by atoms with E-state index in [9.17, 15) is 0 Å². The van der Waals surface area contributed by atoms with Gasteiger partial charge >= 0.3 is 0 Å². The minimum atomic E-state index is 0.348. The molecule has 0 bridgehead atoms. The molecule has 0 radical (unpaired) electrons. The van der Waals surface area contributed by atoms with Gasteiger partial charge < -0.3 is 15.4 Å². The monoisotopic (exact) mass is 252 g/mol. The Morgan fingerprint density at radius 1 is 1.71 bits per heavy atom. The van der Waals surface area contributed by atoms with Gasteiger partial charge in [-0.15, -0.1) is 0 Å². The number of nitrogens with zero attached hydrogens (tertiary/aromatic N) is 3. The molecule has 6 heteroatoms. The normalized spacial score (nSPS) is 20.2. The van der Waals surface area contributed by atoms with Gasteiger partial charge in [-0.2, -0.15) is 9.64 Å². The van der Waals surface area contributed by atoms with E-state index < -0.39 is 0 Å². The maximum atomic E-state index is 9.07. The van der Waals surface area contributed by atoms with Crippen molar-refractivity contribution in [1.82, 2.24) is 4.37 Å². The van der Waals surface area contributed by atoms with Crippen LogP contribution in [0.1, 0.15) is 18.4 Å². The molecule has 2 rings (SSSR count). The van der Waals surface area contributed by atoms with E-state index in [1.165, 1.54) is 18.0 Å². The third-order valence-corrected chi connectivity index (χ3v) is 3.94. The molecule has 0 saturated carbocycles. The summed E-state index contributed by atoms with van der Waals surface area (Å²) < 4.78 is 9.26. The van der Waals surface area contributed by atoms with E-state index in [4.69, 9.17) is 15.7 Å². The lowest BCUT2D eigenvalue weighted by atomic mass is 9.99. The van der Waals surface area contributed by atoms with Crippen LogP contribution >= 0.6 is 11.5 Å². The van der Waals surface area contributed by atoms with Crippen molar-refractivity contribution in [3.05, 3.63) is 5.56 Å². The molecule has 1 aliphatic heterocycles. The molecular weight excluding hydrogens is 236 g/mol. The summed E-state index contributed by atoms with van der Waals surface area (Å²) in [6.07, 6.45) is 2.30. The molecule has 0 aromatic carbocycles. The highest BCUT2D eigenvalue weighted by Crippen LogP contribution is 2.32. The molecule has 5 nitrogen and oxygen atoms in total. The fraction of sp³-hybridized carbons (Fsp3) is 0.636.